The zero-order chi connectivity index (χ0) is 13.0. The standard InChI is InChI=1S/C13H17N3O2/c1-18-13-11(5-6-14)8-15-16(13)9-10-3-2-4-12(17)7-10/h2-4,7-8,17H,5-6,9,14H2,1H3. The van der Waals surface area contributed by atoms with Crippen molar-refractivity contribution < 1.29 is 9.84 Å². The van der Waals surface area contributed by atoms with Crippen LogP contribution in [-0.2, 0) is 13.0 Å². The molecule has 5 nitrogen and oxygen atoms in total. The molecule has 0 radical (unpaired) electrons. The smallest absolute Gasteiger partial charge is 0.215 e. The van der Waals surface area contributed by atoms with Crippen molar-refractivity contribution in [1.82, 2.24) is 9.78 Å². The lowest BCUT2D eigenvalue weighted by atomic mass is 10.2. The van der Waals surface area contributed by atoms with Crippen molar-refractivity contribution in [3.8, 4) is 11.6 Å². The van der Waals surface area contributed by atoms with E-state index in [1.165, 1.54) is 0 Å². The summed E-state index contributed by atoms with van der Waals surface area (Å²) in [5.41, 5.74) is 7.51. The molecular formula is C13H17N3O2. The summed E-state index contributed by atoms with van der Waals surface area (Å²) in [6.07, 6.45) is 2.51. The van der Waals surface area contributed by atoms with Crippen LogP contribution >= 0.6 is 0 Å². The van der Waals surface area contributed by atoms with Gasteiger partial charge in [-0.1, -0.05) is 12.1 Å². The molecule has 0 fully saturated rings. The molecule has 2 rings (SSSR count). The third kappa shape index (κ3) is 2.62. The van der Waals surface area contributed by atoms with Crippen LogP contribution in [0, 0.1) is 0 Å². The van der Waals surface area contributed by atoms with Crippen molar-refractivity contribution in [2.45, 2.75) is 13.0 Å². The Labute approximate surface area is 106 Å². The zero-order valence-electron chi connectivity index (χ0n) is 10.3. The van der Waals surface area contributed by atoms with Crippen LogP contribution in [0.25, 0.3) is 0 Å². The van der Waals surface area contributed by atoms with E-state index in [-0.39, 0.29) is 5.75 Å². The molecule has 0 spiro atoms. The summed E-state index contributed by atoms with van der Waals surface area (Å²) in [5.74, 6) is 0.976. The number of aromatic hydroxyl groups is 1. The number of phenolic OH excluding ortho intramolecular Hbond substituents is 1. The average Bonchev–Trinajstić information content (AvgIpc) is 2.72. The van der Waals surface area contributed by atoms with Gasteiger partial charge >= 0.3 is 0 Å². The maximum absolute atomic E-state index is 9.43. The summed E-state index contributed by atoms with van der Waals surface area (Å²) >= 11 is 0. The number of ether oxygens (including phenoxy) is 1. The number of rotatable bonds is 5. The van der Waals surface area contributed by atoms with E-state index in [0.717, 1.165) is 23.4 Å². The van der Waals surface area contributed by atoms with Gasteiger partial charge in [0.15, 0.2) is 0 Å². The van der Waals surface area contributed by atoms with E-state index in [4.69, 9.17) is 10.5 Å². The predicted octanol–water partition coefficient (Wildman–Crippen LogP) is 1.15. The number of nitrogens with zero attached hydrogens (tertiary/aromatic N) is 2. The lowest BCUT2D eigenvalue weighted by molar-refractivity contribution is 0.362. The number of aromatic nitrogens is 2. The second kappa shape index (κ2) is 5.55. The van der Waals surface area contributed by atoms with E-state index in [2.05, 4.69) is 5.10 Å². The van der Waals surface area contributed by atoms with E-state index in [9.17, 15) is 5.11 Å². The summed E-state index contributed by atoms with van der Waals surface area (Å²) in [5, 5.41) is 13.7. The van der Waals surface area contributed by atoms with Crippen molar-refractivity contribution in [3.63, 3.8) is 0 Å². The highest BCUT2D eigenvalue weighted by Gasteiger charge is 2.10. The number of nitrogens with two attached hydrogens (primary N) is 1. The molecule has 0 unspecified atom stereocenters. The van der Waals surface area contributed by atoms with Gasteiger partial charge in [-0.2, -0.15) is 5.10 Å². The molecule has 0 bridgehead atoms. The van der Waals surface area contributed by atoms with Gasteiger partial charge in [-0.15, -0.1) is 0 Å². The molecule has 96 valence electrons. The van der Waals surface area contributed by atoms with Gasteiger partial charge in [-0.3, -0.25) is 0 Å². The first-order chi connectivity index (χ1) is 8.74. The van der Waals surface area contributed by atoms with Crippen LogP contribution < -0.4 is 10.5 Å². The Morgan fingerprint density at radius 1 is 1.44 bits per heavy atom. The molecule has 0 atom stereocenters. The molecule has 0 saturated heterocycles. The molecule has 18 heavy (non-hydrogen) atoms. The number of hydrogen-bond donors (Lipinski definition) is 2. The fourth-order valence-corrected chi connectivity index (χ4v) is 1.92. The SMILES string of the molecule is COc1c(CCN)cnn1Cc1cccc(O)c1. The highest BCUT2D eigenvalue weighted by atomic mass is 16.5. The molecule has 2 aromatic rings. The molecule has 0 aliphatic heterocycles. The van der Waals surface area contributed by atoms with Crippen LogP contribution in [0.4, 0.5) is 0 Å². The first kappa shape index (κ1) is 12.4. The van der Waals surface area contributed by atoms with Crippen molar-refractivity contribution in [1.29, 1.82) is 0 Å². The summed E-state index contributed by atoms with van der Waals surface area (Å²) in [6, 6.07) is 7.10. The van der Waals surface area contributed by atoms with Crippen molar-refractivity contribution in [2.24, 2.45) is 5.73 Å². The minimum Gasteiger partial charge on any atom is -0.508 e. The Bertz CT molecular complexity index is 523. The number of hydrogen-bond acceptors (Lipinski definition) is 4. The number of methoxy groups -OCH3 is 1. The van der Waals surface area contributed by atoms with E-state index in [1.54, 1.807) is 36.2 Å². The van der Waals surface area contributed by atoms with Crippen LogP contribution in [0.5, 0.6) is 11.6 Å². The quantitative estimate of drug-likeness (QED) is 0.831. The molecule has 3 N–H and O–H groups in total. The molecule has 0 aliphatic rings. The fraction of sp³-hybridized carbons (Fsp3) is 0.308. The molecular weight excluding hydrogens is 230 g/mol. The van der Waals surface area contributed by atoms with E-state index < -0.39 is 0 Å². The van der Waals surface area contributed by atoms with Gasteiger partial charge in [-0.05, 0) is 30.7 Å². The first-order valence-corrected chi connectivity index (χ1v) is 5.81. The molecule has 0 saturated carbocycles. The summed E-state index contributed by atoms with van der Waals surface area (Å²) in [6.45, 7) is 1.12. The summed E-state index contributed by atoms with van der Waals surface area (Å²) < 4.78 is 7.12. The normalized spacial score (nSPS) is 10.6. The molecule has 0 aliphatic carbocycles. The zero-order valence-corrected chi connectivity index (χ0v) is 10.3. The molecule has 1 aromatic heterocycles. The van der Waals surface area contributed by atoms with Gasteiger partial charge in [0, 0.05) is 5.56 Å². The Morgan fingerprint density at radius 2 is 2.28 bits per heavy atom. The van der Waals surface area contributed by atoms with Crippen LogP contribution in [-0.4, -0.2) is 28.5 Å². The Kier molecular flexibility index (Phi) is 3.84. The highest BCUT2D eigenvalue weighted by Crippen LogP contribution is 2.20. The first-order valence-electron chi connectivity index (χ1n) is 5.81. The maximum Gasteiger partial charge on any atom is 0.215 e. The second-order valence-electron chi connectivity index (χ2n) is 4.05. The lowest BCUT2D eigenvalue weighted by Crippen LogP contribution is -2.07. The molecule has 0 amide bonds. The van der Waals surface area contributed by atoms with Gasteiger partial charge in [0.25, 0.3) is 0 Å². The van der Waals surface area contributed by atoms with Gasteiger partial charge in [0.1, 0.15) is 5.75 Å². The van der Waals surface area contributed by atoms with Crippen molar-refractivity contribution >= 4 is 0 Å². The van der Waals surface area contributed by atoms with Crippen LogP contribution in [0.15, 0.2) is 30.5 Å². The second-order valence-corrected chi connectivity index (χ2v) is 4.05. The topological polar surface area (TPSA) is 73.3 Å². The third-order valence-electron chi connectivity index (χ3n) is 2.71. The van der Waals surface area contributed by atoms with E-state index in [0.29, 0.717) is 13.1 Å². The minimum absolute atomic E-state index is 0.251. The number of benzene rings is 1. The number of phenols is 1. The summed E-state index contributed by atoms with van der Waals surface area (Å²) in [4.78, 5) is 0. The van der Waals surface area contributed by atoms with Crippen LogP contribution in [0.1, 0.15) is 11.1 Å². The fourth-order valence-electron chi connectivity index (χ4n) is 1.92. The minimum atomic E-state index is 0.251. The van der Waals surface area contributed by atoms with Gasteiger partial charge in [-0.25, -0.2) is 4.68 Å². The maximum atomic E-state index is 9.43. The molecule has 1 aromatic carbocycles. The van der Waals surface area contributed by atoms with Crippen LogP contribution in [0.2, 0.25) is 0 Å². The molecule has 1 heterocycles. The third-order valence-corrected chi connectivity index (χ3v) is 2.71. The monoisotopic (exact) mass is 247 g/mol. The lowest BCUT2D eigenvalue weighted by Gasteiger charge is -2.08. The van der Waals surface area contributed by atoms with E-state index in [1.807, 2.05) is 6.07 Å². The largest absolute Gasteiger partial charge is 0.508 e. The van der Waals surface area contributed by atoms with Gasteiger partial charge in [0.2, 0.25) is 5.88 Å². The van der Waals surface area contributed by atoms with Crippen molar-refractivity contribution in [3.05, 3.63) is 41.6 Å². The van der Waals surface area contributed by atoms with E-state index >= 15 is 0 Å². The van der Waals surface area contributed by atoms with Gasteiger partial charge in [0.05, 0.1) is 19.9 Å². The van der Waals surface area contributed by atoms with Crippen molar-refractivity contribution in [2.75, 3.05) is 13.7 Å². The Balaban J connectivity index is 2.23. The van der Waals surface area contributed by atoms with Crippen LogP contribution in [0.3, 0.4) is 0 Å². The summed E-state index contributed by atoms with van der Waals surface area (Å²) in [7, 11) is 1.62. The van der Waals surface area contributed by atoms with Gasteiger partial charge < -0.3 is 15.6 Å². The highest BCUT2D eigenvalue weighted by molar-refractivity contribution is 5.29. The average molecular weight is 247 g/mol. The Morgan fingerprint density at radius 3 is 2.94 bits per heavy atom. The predicted molar refractivity (Wildman–Crippen MR) is 68.7 cm³/mol. The molecule has 5 heteroatoms. The Hall–Kier alpha value is -2.01.